The van der Waals surface area contributed by atoms with Crippen molar-refractivity contribution in [2.45, 2.75) is 51.2 Å². The molecule has 0 spiro atoms. The zero-order chi connectivity index (χ0) is 28.4. The van der Waals surface area contributed by atoms with Crippen molar-refractivity contribution in [2.24, 2.45) is 5.92 Å². The lowest BCUT2D eigenvalue weighted by atomic mass is 9.99. The molecule has 0 unspecified atom stereocenters. The summed E-state index contributed by atoms with van der Waals surface area (Å²) in [5.41, 5.74) is 1.46. The van der Waals surface area contributed by atoms with Crippen LogP contribution in [0.2, 0.25) is 0 Å². The van der Waals surface area contributed by atoms with E-state index in [4.69, 9.17) is 0 Å². The highest BCUT2D eigenvalue weighted by Gasteiger charge is 2.31. The third-order valence-corrected chi connectivity index (χ3v) is 6.15. The Balaban J connectivity index is 1.89. The second-order valence-corrected chi connectivity index (χ2v) is 9.93. The molecule has 3 atom stereocenters. The second-order valence-electron chi connectivity index (χ2n) is 9.93. The lowest BCUT2D eigenvalue weighted by molar-refractivity contribution is -0.133. The number of phenols is 1. The average Bonchev–Trinajstić information content (AvgIpc) is 2.90. The monoisotopic (exact) mass is 537 g/mol. The fourth-order valence-electron chi connectivity index (χ4n) is 4.16. The maximum atomic E-state index is 13.4. The van der Waals surface area contributed by atoms with Crippen LogP contribution in [0.5, 0.6) is 5.75 Å². The minimum atomic E-state index is -1.06. The van der Waals surface area contributed by atoms with E-state index in [1.807, 2.05) is 44.2 Å². The summed E-state index contributed by atoms with van der Waals surface area (Å²) in [6.45, 7) is 3.00. The Morgan fingerprint density at radius 2 is 1.21 bits per heavy atom. The quantitative estimate of drug-likeness (QED) is 0.302. The lowest BCUT2D eigenvalue weighted by Crippen LogP contribution is -2.57. The van der Waals surface area contributed by atoms with Crippen LogP contribution in [0, 0.1) is 5.92 Å². The molecular formula is C28H35N5O6. The van der Waals surface area contributed by atoms with Crippen LogP contribution >= 0.6 is 0 Å². The fraction of sp³-hybridized carbons (Fsp3) is 0.393. The maximum absolute atomic E-state index is 13.4. The third-order valence-electron chi connectivity index (χ3n) is 6.15. The summed E-state index contributed by atoms with van der Waals surface area (Å²) in [5, 5.41) is 22.6. The van der Waals surface area contributed by atoms with E-state index < -0.39 is 60.8 Å². The van der Waals surface area contributed by atoms with Gasteiger partial charge in [0.05, 0.1) is 13.1 Å². The predicted molar refractivity (Wildman–Crippen MR) is 143 cm³/mol. The van der Waals surface area contributed by atoms with Crippen molar-refractivity contribution < 1.29 is 29.1 Å². The van der Waals surface area contributed by atoms with E-state index in [-0.39, 0.29) is 30.9 Å². The van der Waals surface area contributed by atoms with Gasteiger partial charge in [-0.1, -0.05) is 56.3 Å². The van der Waals surface area contributed by atoms with Crippen molar-refractivity contribution in [3.63, 3.8) is 0 Å². The summed E-state index contributed by atoms with van der Waals surface area (Å²) in [6, 6.07) is 12.2. The van der Waals surface area contributed by atoms with Crippen LogP contribution in [0.1, 0.15) is 31.4 Å². The van der Waals surface area contributed by atoms with Gasteiger partial charge in [-0.3, -0.25) is 24.0 Å². The summed E-state index contributed by atoms with van der Waals surface area (Å²) in [5.74, 6) is -2.85. The van der Waals surface area contributed by atoms with E-state index in [1.54, 1.807) is 12.1 Å². The lowest BCUT2D eigenvalue weighted by Gasteiger charge is -2.26. The largest absolute Gasteiger partial charge is 0.508 e. The SMILES string of the molecule is CC(C)C[C@@H]1NC(=O)[C@H](Cc2ccc(O)cc2)NC(=O)CNC(=O)CNC(=O)[C@H](Cc2ccccc2)NC1=O. The summed E-state index contributed by atoms with van der Waals surface area (Å²) in [4.78, 5) is 64.7. The van der Waals surface area contributed by atoms with Crippen molar-refractivity contribution >= 4 is 29.5 Å². The topological polar surface area (TPSA) is 166 Å². The van der Waals surface area contributed by atoms with Crippen LogP contribution in [0.25, 0.3) is 0 Å². The molecule has 0 radical (unpaired) electrons. The first-order valence-corrected chi connectivity index (χ1v) is 12.9. The van der Waals surface area contributed by atoms with Crippen LogP contribution < -0.4 is 26.6 Å². The summed E-state index contributed by atoms with van der Waals surface area (Å²) in [7, 11) is 0. The van der Waals surface area contributed by atoms with Gasteiger partial charge in [-0.2, -0.15) is 0 Å². The van der Waals surface area contributed by atoms with Crippen LogP contribution in [0.3, 0.4) is 0 Å². The number of nitrogens with one attached hydrogen (secondary N) is 5. The minimum absolute atomic E-state index is 0.0245. The number of benzene rings is 2. The molecule has 2 aromatic carbocycles. The van der Waals surface area contributed by atoms with Crippen LogP contribution in [-0.4, -0.2) is 65.9 Å². The first kappa shape index (κ1) is 29.2. The first-order valence-electron chi connectivity index (χ1n) is 12.9. The van der Waals surface area contributed by atoms with E-state index in [0.717, 1.165) is 5.56 Å². The van der Waals surface area contributed by atoms with Crippen molar-refractivity contribution in [1.29, 1.82) is 0 Å². The Morgan fingerprint density at radius 1 is 0.667 bits per heavy atom. The Bertz CT molecular complexity index is 1170. The van der Waals surface area contributed by atoms with Gasteiger partial charge in [0, 0.05) is 12.8 Å². The van der Waals surface area contributed by atoms with Crippen molar-refractivity contribution in [3.8, 4) is 5.75 Å². The Hall–Kier alpha value is -4.41. The summed E-state index contributed by atoms with van der Waals surface area (Å²) in [6.07, 6.45) is 0.543. The average molecular weight is 538 g/mol. The van der Waals surface area contributed by atoms with Crippen molar-refractivity contribution in [2.75, 3.05) is 13.1 Å². The Kier molecular flexibility index (Phi) is 10.4. The molecule has 5 amide bonds. The predicted octanol–water partition coefficient (Wildman–Crippen LogP) is -0.0761. The number of carbonyl (C=O) groups is 5. The van der Waals surface area contributed by atoms with Crippen LogP contribution in [-0.2, 0) is 36.8 Å². The highest BCUT2D eigenvalue weighted by Crippen LogP contribution is 2.13. The van der Waals surface area contributed by atoms with Gasteiger partial charge in [0.15, 0.2) is 0 Å². The van der Waals surface area contributed by atoms with Crippen molar-refractivity contribution in [1.82, 2.24) is 26.6 Å². The molecule has 1 aliphatic rings. The van der Waals surface area contributed by atoms with E-state index >= 15 is 0 Å². The zero-order valence-electron chi connectivity index (χ0n) is 22.0. The standard InChI is InChI=1S/C28H35N5O6/c1-17(2)12-21-27(38)33-22(13-18-6-4-3-5-7-18)26(37)30-15-24(35)29-16-25(36)31-23(28(39)32-21)14-19-8-10-20(34)11-9-19/h3-11,17,21-23,34H,12-16H2,1-2H3,(H,29,35)(H,30,37)(H,31,36)(H,32,39)(H,33,38)/t21-,22-,23-/m0/s1. The molecule has 39 heavy (non-hydrogen) atoms. The Labute approximate surface area is 227 Å². The van der Waals surface area contributed by atoms with Gasteiger partial charge in [-0.25, -0.2) is 0 Å². The molecule has 208 valence electrons. The second kappa shape index (κ2) is 13.9. The van der Waals surface area contributed by atoms with E-state index in [0.29, 0.717) is 5.56 Å². The van der Waals surface area contributed by atoms with Gasteiger partial charge < -0.3 is 31.7 Å². The highest BCUT2D eigenvalue weighted by molar-refractivity contribution is 5.96. The molecule has 6 N–H and O–H groups in total. The normalized spacial score (nSPS) is 21.5. The number of amides is 5. The third kappa shape index (κ3) is 9.44. The van der Waals surface area contributed by atoms with Gasteiger partial charge >= 0.3 is 0 Å². The molecule has 11 nitrogen and oxygen atoms in total. The molecule has 1 aliphatic heterocycles. The number of hydrogen-bond donors (Lipinski definition) is 6. The molecule has 0 aromatic heterocycles. The Morgan fingerprint density at radius 3 is 1.85 bits per heavy atom. The number of rotatable bonds is 6. The van der Waals surface area contributed by atoms with Crippen LogP contribution in [0.4, 0.5) is 0 Å². The van der Waals surface area contributed by atoms with Gasteiger partial charge in [-0.05, 0) is 35.6 Å². The summed E-state index contributed by atoms with van der Waals surface area (Å²) >= 11 is 0. The fourth-order valence-corrected chi connectivity index (χ4v) is 4.16. The van der Waals surface area contributed by atoms with E-state index in [9.17, 15) is 29.1 Å². The molecule has 0 saturated carbocycles. The molecule has 11 heteroatoms. The molecule has 3 rings (SSSR count). The van der Waals surface area contributed by atoms with E-state index in [1.165, 1.54) is 12.1 Å². The molecule has 2 aromatic rings. The molecule has 1 saturated heterocycles. The highest BCUT2D eigenvalue weighted by atomic mass is 16.3. The maximum Gasteiger partial charge on any atom is 0.243 e. The molecule has 1 fully saturated rings. The smallest absolute Gasteiger partial charge is 0.243 e. The van der Waals surface area contributed by atoms with Crippen molar-refractivity contribution in [3.05, 3.63) is 65.7 Å². The van der Waals surface area contributed by atoms with Gasteiger partial charge in [-0.15, -0.1) is 0 Å². The molecule has 0 bridgehead atoms. The number of hydrogen-bond acceptors (Lipinski definition) is 6. The molecule has 1 heterocycles. The van der Waals surface area contributed by atoms with Gasteiger partial charge in [0.25, 0.3) is 0 Å². The number of aromatic hydroxyl groups is 1. The number of phenolic OH excluding ortho intramolecular Hbond substituents is 1. The van der Waals surface area contributed by atoms with Crippen LogP contribution in [0.15, 0.2) is 54.6 Å². The van der Waals surface area contributed by atoms with Gasteiger partial charge in [0.1, 0.15) is 23.9 Å². The van der Waals surface area contributed by atoms with E-state index in [2.05, 4.69) is 26.6 Å². The molecule has 0 aliphatic carbocycles. The molecular weight excluding hydrogens is 502 g/mol. The number of carbonyl (C=O) groups excluding carboxylic acids is 5. The van der Waals surface area contributed by atoms with Gasteiger partial charge in [0.2, 0.25) is 29.5 Å². The zero-order valence-corrected chi connectivity index (χ0v) is 22.0. The first-order chi connectivity index (χ1) is 18.6. The summed E-state index contributed by atoms with van der Waals surface area (Å²) < 4.78 is 0. The minimum Gasteiger partial charge on any atom is -0.508 e.